The molecule has 1 aromatic rings. The molecule has 0 bridgehead atoms. The van der Waals surface area contributed by atoms with E-state index in [-0.39, 0.29) is 48.0 Å². The molecule has 4 atom stereocenters. The molecule has 0 radical (unpaired) electrons. The molecule has 2 saturated carbocycles. The molecule has 1 saturated heterocycles. The predicted octanol–water partition coefficient (Wildman–Crippen LogP) is 1.64. The van der Waals surface area contributed by atoms with Crippen LogP contribution < -0.4 is 16.0 Å². The van der Waals surface area contributed by atoms with Gasteiger partial charge in [0.25, 0.3) is 0 Å². The van der Waals surface area contributed by atoms with Crippen molar-refractivity contribution >= 4 is 34.7 Å². The molecule has 11 heteroatoms. The topological polar surface area (TPSA) is 101 Å². The highest BCUT2D eigenvalue weighted by Crippen LogP contribution is 2.49. The standard InChI is InChI=1S/C16H21Cl2N5O4/c17-13-10-14(20-15(18)19-13)23(22-21-10)8-7-9(25-6-5-24)12-11(8)26-16(27-12)3-1-2-4-16/h8-9,11-12,21-22,24H,1-7H2/t8?,9-,11-,12+/m0/s1. The monoisotopic (exact) mass is 417 g/mol. The minimum absolute atomic E-state index is 0.0324. The minimum Gasteiger partial charge on any atom is -0.394 e. The number of aromatic nitrogens is 2. The lowest BCUT2D eigenvalue weighted by molar-refractivity contribution is -0.188. The van der Waals surface area contributed by atoms with Crippen LogP contribution in [-0.2, 0) is 14.2 Å². The number of ether oxygens (including phenoxy) is 3. The molecule has 148 valence electrons. The second-order valence-electron chi connectivity index (χ2n) is 7.31. The number of hydrogen-bond acceptors (Lipinski definition) is 9. The SMILES string of the molecule is OCCO[C@H]1CC(N2NNc3c(Cl)nc(Cl)nc32)[C@@H]2OC3(CCCC3)O[C@H]12. The van der Waals surface area contributed by atoms with Crippen molar-refractivity contribution in [3.05, 3.63) is 10.4 Å². The Morgan fingerprint density at radius 3 is 2.78 bits per heavy atom. The molecule has 0 aromatic carbocycles. The van der Waals surface area contributed by atoms with E-state index in [1.165, 1.54) is 0 Å². The molecule has 3 N–H and O–H groups in total. The zero-order chi connectivity index (χ0) is 18.6. The zero-order valence-electron chi connectivity index (χ0n) is 14.5. The van der Waals surface area contributed by atoms with Crippen LogP contribution in [0.5, 0.6) is 0 Å². The maximum Gasteiger partial charge on any atom is 0.225 e. The van der Waals surface area contributed by atoms with E-state index in [0.29, 0.717) is 17.9 Å². The molecule has 2 aliphatic carbocycles. The van der Waals surface area contributed by atoms with Crippen molar-refractivity contribution in [1.29, 1.82) is 0 Å². The summed E-state index contributed by atoms with van der Waals surface area (Å²) in [6.07, 6.45) is 4.05. The summed E-state index contributed by atoms with van der Waals surface area (Å²) in [5.74, 6) is 0.0497. The molecule has 3 heterocycles. The average molecular weight is 418 g/mol. The van der Waals surface area contributed by atoms with Crippen molar-refractivity contribution in [2.24, 2.45) is 0 Å². The van der Waals surface area contributed by atoms with E-state index in [4.69, 9.17) is 42.5 Å². The van der Waals surface area contributed by atoms with Crippen LogP contribution in [0.4, 0.5) is 11.5 Å². The fraction of sp³-hybridized carbons (Fsp3) is 0.750. The van der Waals surface area contributed by atoms with Gasteiger partial charge in [-0.15, -0.1) is 5.53 Å². The van der Waals surface area contributed by atoms with Crippen molar-refractivity contribution in [1.82, 2.24) is 15.5 Å². The van der Waals surface area contributed by atoms with E-state index >= 15 is 0 Å². The van der Waals surface area contributed by atoms with Crippen LogP contribution in [0.25, 0.3) is 0 Å². The van der Waals surface area contributed by atoms with Gasteiger partial charge in [0.05, 0.1) is 25.4 Å². The Balaban J connectivity index is 1.45. The van der Waals surface area contributed by atoms with Gasteiger partial charge in [0.2, 0.25) is 5.28 Å². The molecule has 9 nitrogen and oxygen atoms in total. The minimum atomic E-state index is -0.522. The lowest BCUT2D eigenvalue weighted by atomic mass is 10.2. The van der Waals surface area contributed by atoms with Crippen LogP contribution in [0.1, 0.15) is 32.1 Å². The van der Waals surface area contributed by atoms with E-state index < -0.39 is 5.79 Å². The van der Waals surface area contributed by atoms with Gasteiger partial charge in [-0.25, -0.2) is 4.98 Å². The van der Waals surface area contributed by atoms with Crippen molar-refractivity contribution in [2.75, 3.05) is 23.6 Å². The Morgan fingerprint density at radius 1 is 1.22 bits per heavy atom. The van der Waals surface area contributed by atoms with Gasteiger partial charge >= 0.3 is 0 Å². The molecule has 1 spiro atoms. The van der Waals surface area contributed by atoms with Crippen LogP contribution in [0.15, 0.2) is 0 Å². The molecule has 4 aliphatic rings. The fourth-order valence-corrected chi connectivity index (χ4v) is 5.03. The Morgan fingerprint density at radius 2 is 2.00 bits per heavy atom. The van der Waals surface area contributed by atoms with Gasteiger partial charge in [0.1, 0.15) is 17.9 Å². The normalized spacial score (nSPS) is 33.5. The molecule has 3 fully saturated rings. The predicted molar refractivity (Wildman–Crippen MR) is 97.5 cm³/mol. The molecular formula is C16H21Cl2N5O4. The third kappa shape index (κ3) is 2.96. The highest BCUT2D eigenvalue weighted by atomic mass is 35.5. The van der Waals surface area contributed by atoms with Gasteiger partial charge in [-0.05, 0) is 24.4 Å². The first kappa shape index (κ1) is 18.1. The average Bonchev–Trinajstić information content (AvgIpc) is 3.39. The van der Waals surface area contributed by atoms with E-state index in [0.717, 1.165) is 25.7 Å². The summed E-state index contributed by atoms with van der Waals surface area (Å²) in [6, 6.07) is -0.102. The summed E-state index contributed by atoms with van der Waals surface area (Å²) in [7, 11) is 0. The number of aliphatic hydroxyl groups is 1. The number of hydrogen-bond donors (Lipinski definition) is 3. The molecule has 27 heavy (non-hydrogen) atoms. The van der Waals surface area contributed by atoms with E-state index in [1.807, 2.05) is 5.01 Å². The lowest BCUT2D eigenvalue weighted by Gasteiger charge is -2.30. The van der Waals surface area contributed by atoms with Crippen molar-refractivity contribution < 1.29 is 19.3 Å². The second kappa shape index (κ2) is 6.84. The van der Waals surface area contributed by atoms with Crippen LogP contribution >= 0.6 is 23.2 Å². The van der Waals surface area contributed by atoms with Gasteiger partial charge in [-0.1, -0.05) is 11.6 Å². The molecule has 2 aliphatic heterocycles. The summed E-state index contributed by atoms with van der Waals surface area (Å²) < 4.78 is 18.7. The number of nitrogens with zero attached hydrogens (tertiary/aromatic N) is 3. The number of anilines is 2. The molecule has 5 rings (SSSR count). The summed E-state index contributed by atoms with van der Waals surface area (Å²) >= 11 is 12.2. The maximum absolute atomic E-state index is 9.16. The number of rotatable bonds is 4. The van der Waals surface area contributed by atoms with Gasteiger partial charge in [0.15, 0.2) is 16.8 Å². The third-order valence-corrected chi connectivity index (χ3v) is 6.16. The van der Waals surface area contributed by atoms with Crippen LogP contribution in [0, 0.1) is 0 Å². The number of hydrazine groups is 2. The van der Waals surface area contributed by atoms with Crippen molar-refractivity contribution in [3.63, 3.8) is 0 Å². The van der Waals surface area contributed by atoms with Gasteiger partial charge in [-0.2, -0.15) is 4.98 Å². The Kier molecular flexibility index (Phi) is 4.59. The fourth-order valence-electron chi connectivity index (χ4n) is 4.61. The van der Waals surface area contributed by atoms with E-state index in [9.17, 15) is 0 Å². The summed E-state index contributed by atoms with van der Waals surface area (Å²) in [4.78, 5) is 8.29. The van der Waals surface area contributed by atoms with Crippen LogP contribution in [0.2, 0.25) is 10.4 Å². The summed E-state index contributed by atoms with van der Waals surface area (Å²) in [5, 5.41) is 11.4. The molecule has 1 unspecified atom stereocenters. The van der Waals surface area contributed by atoms with Crippen LogP contribution in [-0.4, -0.2) is 58.4 Å². The summed E-state index contributed by atoms with van der Waals surface area (Å²) in [5.41, 5.74) is 6.68. The van der Waals surface area contributed by atoms with Gasteiger partial charge in [0, 0.05) is 19.3 Å². The van der Waals surface area contributed by atoms with Crippen molar-refractivity contribution in [3.8, 4) is 0 Å². The van der Waals surface area contributed by atoms with E-state index in [2.05, 4.69) is 20.9 Å². The Hall–Kier alpha value is -0.940. The highest BCUT2D eigenvalue weighted by Gasteiger charge is 2.60. The van der Waals surface area contributed by atoms with Gasteiger partial charge in [-0.3, -0.25) is 10.4 Å². The van der Waals surface area contributed by atoms with Crippen molar-refractivity contribution in [2.45, 2.75) is 62.2 Å². The third-order valence-electron chi connectivity index (χ3n) is 5.71. The largest absolute Gasteiger partial charge is 0.394 e. The Labute approximate surface area is 166 Å². The first-order chi connectivity index (χ1) is 13.1. The number of halogens is 2. The molecule has 0 amide bonds. The van der Waals surface area contributed by atoms with Crippen LogP contribution in [0.3, 0.4) is 0 Å². The Bertz CT molecular complexity index is 735. The smallest absolute Gasteiger partial charge is 0.225 e. The van der Waals surface area contributed by atoms with E-state index in [1.54, 1.807) is 0 Å². The lowest BCUT2D eigenvalue weighted by Crippen LogP contribution is -2.50. The quantitative estimate of drug-likeness (QED) is 0.498. The summed E-state index contributed by atoms with van der Waals surface area (Å²) in [6.45, 7) is 0.231. The molecule has 1 aromatic heterocycles. The van der Waals surface area contributed by atoms with Gasteiger partial charge < -0.3 is 19.3 Å². The zero-order valence-corrected chi connectivity index (χ0v) is 16.0. The number of aliphatic hydroxyl groups excluding tert-OH is 1. The molecular weight excluding hydrogens is 397 g/mol. The number of fused-ring (bicyclic) bond motifs is 2. The highest BCUT2D eigenvalue weighted by molar-refractivity contribution is 6.34. The maximum atomic E-state index is 9.16. The first-order valence-corrected chi connectivity index (χ1v) is 9.98. The first-order valence-electron chi connectivity index (χ1n) is 9.22. The number of nitrogens with one attached hydrogen (secondary N) is 2. The second-order valence-corrected chi connectivity index (χ2v) is 8.00.